The van der Waals surface area contributed by atoms with Crippen LogP contribution in [0.1, 0.15) is 18.4 Å². The number of fused-ring (bicyclic) bond motifs is 1. The molecule has 1 saturated carbocycles. The molecule has 1 amide bonds. The van der Waals surface area contributed by atoms with Gasteiger partial charge < -0.3 is 15.4 Å². The van der Waals surface area contributed by atoms with Crippen LogP contribution in [-0.2, 0) is 16.0 Å². The number of hydrogen-bond donors (Lipinski definition) is 3. The second-order valence-electron chi connectivity index (χ2n) is 5.67. The van der Waals surface area contributed by atoms with Gasteiger partial charge in [-0.25, -0.2) is 4.39 Å². The van der Waals surface area contributed by atoms with Crippen LogP contribution in [0.2, 0.25) is 0 Å². The maximum absolute atomic E-state index is 13.1. The Balaban J connectivity index is 1.56. The van der Waals surface area contributed by atoms with Crippen molar-refractivity contribution in [1.29, 1.82) is 0 Å². The molecule has 116 valence electrons. The summed E-state index contributed by atoms with van der Waals surface area (Å²) in [5.74, 6) is -2.33. The van der Waals surface area contributed by atoms with Crippen molar-refractivity contribution >= 4 is 22.8 Å². The van der Waals surface area contributed by atoms with Crippen LogP contribution in [0, 0.1) is 17.7 Å². The van der Waals surface area contributed by atoms with Gasteiger partial charge in [0.2, 0.25) is 5.91 Å². The summed E-state index contributed by atoms with van der Waals surface area (Å²) >= 11 is 0. The molecule has 2 unspecified atom stereocenters. The predicted octanol–water partition coefficient (Wildman–Crippen LogP) is 2.08. The van der Waals surface area contributed by atoms with E-state index in [2.05, 4.69) is 10.3 Å². The number of benzene rings is 1. The summed E-state index contributed by atoms with van der Waals surface area (Å²) in [4.78, 5) is 25.9. The van der Waals surface area contributed by atoms with E-state index in [1.54, 1.807) is 12.3 Å². The summed E-state index contributed by atoms with van der Waals surface area (Å²) in [6.45, 7) is 0.437. The molecule has 1 aliphatic rings. The second-order valence-corrected chi connectivity index (χ2v) is 5.67. The molecule has 0 spiro atoms. The molecule has 1 aliphatic carbocycles. The Labute approximate surface area is 126 Å². The number of rotatable bonds is 5. The van der Waals surface area contributed by atoms with Gasteiger partial charge in [-0.15, -0.1) is 0 Å². The summed E-state index contributed by atoms with van der Waals surface area (Å²) in [7, 11) is 0. The molecular weight excluding hydrogens is 287 g/mol. The Morgan fingerprint density at radius 2 is 2.09 bits per heavy atom. The van der Waals surface area contributed by atoms with Crippen molar-refractivity contribution in [3.8, 4) is 0 Å². The molecule has 5 nitrogen and oxygen atoms in total. The number of aromatic amines is 1. The summed E-state index contributed by atoms with van der Waals surface area (Å²) in [5, 5.41) is 12.7. The highest BCUT2D eigenvalue weighted by molar-refractivity contribution is 5.86. The average molecular weight is 304 g/mol. The van der Waals surface area contributed by atoms with Crippen molar-refractivity contribution in [3.05, 3.63) is 35.8 Å². The number of nitrogens with one attached hydrogen (secondary N) is 2. The lowest BCUT2D eigenvalue weighted by Gasteiger charge is -2.31. The van der Waals surface area contributed by atoms with Gasteiger partial charge in [-0.2, -0.15) is 0 Å². The molecule has 1 heterocycles. The van der Waals surface area contributed by atoms with Crippen LogP contribution in [0.3, 0.4) is 0 Å². The number of aromatic nitrogens is 1. The van der Waals surface area contributed by atoms with Crippen molar-refractivity contribution in [3.63, 3.8) is 0 Å². The highest BCUT2D eigenvalue weighted by atomic mass is 19.1. The zero-order chi connectivity index (χ0) is 15.7. The van der Waals surface area contributed by atoms with Crippen LogP contribution in [0.25, 0.3) is 10.9 Å². The summed E-state index contributed by atoms with van der Waals surface area (Å²) in [5.41, 5.74) is 1.73. The smallest absolute Gasteiger partial charge is 0.307 e. The van der Waals surface area contributed by atoms with Gasteiger partial charge in [-0.3, -0.25) is 9.59 Å². The maximum Gasteiger partial charge on any atom is 0.307 e. The highest BCUT2D eigenvalue weighted by Gasteiger charge is 2.41. The van der Waals surface area contributed by atoms with E-state index >= 15 is 0 Å². The van der Waals surface area contributed by atoms with Gasteiger partial charge in [0.05, 0.1) is 11.8 Å². The summed E-state index contributed by atoms with van der Waals surface area (Å²) < 4.78 is 13.1. The van der Waals surface area contributed by atoms with E-state index in [1.165, 1.54) is 12.1 Å². The zero-order valence-electron chi connectivity index (χ0n) is 11.9. The topological polar surface area (TPSA) is 82.2 Å². The number of carbonyl (C=O) groups excluding carboxylic acids is 1. The Hall–Kier alpha value is -2.37. The minimum absolute atomic E-state index is 0.190. The lowest BCUT2D eigenvalue weighted by Crippen LogP contribution is -2.44. The van der Waals surface area contributed by atoms with Crippen LogP contribution < -0.4 is 5.32 Å². The van der Waals surface area contributed by atoms with Crippen molar-refractivity contribution in [2.24, 2.45) is 11.8 Å². The molecular formula is C16H17FN2O3. The van der Waals surface area contributed by atoms with Crippen molar-refractivity contribution < 1.29 is 19.1 Å². The Morgan fingerprint density at radius 1 is 1.32 bits per heavy atom. The lowest BCUT2D eigenvalue weighted by molar-refractivity contribution is -0.152. The molecule has 0 bridgehead atoms. The largest absolute Gasteiger partial charge is 0.481 e. The van der Waals surface area contributed by atoms with E-state index in [-0.39, 0.29) is 11.7 Å². The molecule has 0 radical (unpaired) electrons. The number of hydrogen-bond acceptors (Lipinski definition) is 2. The quantitative estimate of drug-likeness (QED) is 0.791. The standard InChI is InChI=1S/C16H17FN2O3/c17-10-1-2-11-9(8-19-14(11)7-10)5-6-18-15(20)12-3-4-13(12)16(21)22/h1-2,7-8,12-13,19H,3-6H2,(H,18,20)(H,21,22). The first kappa shape index (κ1) is 14.6. The monoisotopic (exact) mass is 304 g/mol. The van der Waals surface area contributed by atoms with Gasteiger partial charge >= 0.3 is 5.97 Å². The SMILES string of the molecule is O=C(O)C1CCC1C(=O)NCCc1c[nH]c2cc(F)ccc12. The molecule has 3 N–H and O–H groups in total. The first-order chi connectivity index (χ1) is 10.6. The minimum Gasteiger partial charge on any atom is -0.481 e. The Bertz CT molecular complexity index is 725. The molecule has 0 saturated heterocycles. The number of carboxylic acid groups (broad SMARTS) is 1. The summed E-state index contributed by atoms with van der Waals surface area (Å²) in [6.07, 6.45) is 3.62. The number of carboxylic acids is 1. The number of H-pyrrole nitrogens is 1. The Morgan fingerprint density at radius 3 is 2.77 bits per heavy atom. The van der Waals surface area contributed by atoms with E-state index < -0.39 is 17.8 Å². The molecule has 22 heavy (non-hydrogen) atoms. The van der Waals surface area contributed by atoms with E-state index in [1.807, 2.05) is 0 Å². The Kier molecular flexibility index (Phi) is 3.83. The molecule has 1 aromatic carbocycles. The first-order valence-corrected chi connectivity index (χ1v) is 7.32. The number of amides is 1. The molecule has 2 atom stereocenters. The fourth-order valence-corrected chi connectivity index (χ4v) is 2.93. The van der Waals surface area contributed by atoms with Crippen LogP contribution in [0.5, 0.6) is 0 Å². The van der Waals surface area contributed by atoms with Gasteiger partial charge in [-0.1, -0.05) is 0 Å². The zero-order valence-corrected chi connectivity index (χ0v) is 11.9. The third-order valence-electron chi connectivity index (χ3n) is 4.35. The maximum atomic E-state index is 13.1. The minimum atomic E-state index is -0.898. The number of aliphatic carboxylic acids is 1. The second kappa shape index (κ2) is 5.79. The van der Waals surface area contributed by atoms with Crippen molar-refractivity contribution in [1.82, 2.24) is 10.3 Å². The normalized spacial score (nSPS) is 20.6. The predicted molar refractivity (Wildman–Crippen MR) is 78.8 cm³/mol. The average Bonchev–Trinajstić information content (AvgIpc) is 2.79. The van der Waals surface area contributed by atoms with E-state index in [9.17, 15) is 14.0 Å². The number of halogens is 1. The molecule has 2 aromatic rings. The fourth-order valence-electron chi connectivity index (χ4n) is 2.93. The van der Waals surface area contributed by atoms with E-state index in [4.69, 9.17) is 5.11 Å². The molecule has 6 heteroatoms. The van der Waals surface area contributed by atoms with Crippen LogP contribution in [0.4, 0.5) is 4.39 Å². The van der Waals surface area contributed by atoms with Crippen molar-refractivity contribution in [2.75, 3.05) is 6.54 Å². The molecule has 3 rings (SSSR count). The fraction of sp³-hybridized carbons (Fsp3) is 0.375. The van der Waals surface area contributed by atoms with Gasteiger partial charge in [0.1, 0.15) is 5.82 Å². The molecule has 1 fully saturated rings. The first-order valence-electron chi connectivity index (χ1n) is 7.32. The van der Waals surface area contributed by atoms with E-state index in [0.717, 1.165) is 16.5 Å². The summed E-state index contributed by atoms with van der Waals surface area (Å²) in [6, 6.07) is 4.55. The van der Waals surface area contributed by atoms with Gasteiger partial charge in [0.25, 0.3) is 0 Å². The van der Waals surface area contributed by atoms with Gasteiger partial charge in [0.15, 0.2) is 0 Å². The van der Waals surface area contributed by atoms with Crippen LogP contribution in [-0.4, -0.2) is 28.5 Å². The molecule has 1 aromatic heterocycles. The van der Waals surface area contributed by atoms with Crippen LogP contribution in [0.15, 0.2) is 24.4 Å². The third kappa shape index (κ3) is 2.68. The van der Waals surface area contributed by atoms with Crippen molar-refractivity contribution in [2.45, 2.75) is 19.3 Å². The highest BCUT2D eigenvalue weighted by Crippen LogP contribution is 2.34. The van der Waals surface area contributed by atoms with E-state index in [0.29, 0.717) is 25.8 Å². The molecule has 0 aliphatic heterocycles. The lowest BCUT2D eigenvalue weighted by atomic mass is 9.73. The van der Waals surface area contributed by atoms with Gasteiger partial charge in [-0.05, 0) is 43.0 Å². The van der Waals surface area contributed by atoms with Crippen LogP contribution >= 0.6 is 0 Å². The number of carbonyl (C=O) groups is 2. The van der Waals surface area contributed by atoms with Gasteiger partial charge in [0, 0.05) is 23.6 Å². The third-order valence-corrected chi connectivity index (χ3v) is 4.35.